The molecule has 3 aromatic rings. The monoisotopic (exact) mass is 372 g/mol. The number of Topliss-reactive ketones (excluding diaryl/α,β-unsaturated/α-hetero) is 1. The van der Waals surface area contributed by atoms with Crippen LogP contribution in [0.2, 0.25) is 10.0 Å². The molecule has 128 valence electrons. The third-order valence-electron chi connectivity index (χ3n) is 3.80. The van der Waals surface area contributed by atoms with Gasteiger partial charge in [-0.1, -0.05) is 49.2 Å². The lowest BCUT2D eigenvalue weighted by atomic mass is 10.1. The number of halogens is 2. The van der Waals surface area contributed by atoms with Crippen LogP contribution in [0.4, 0.5) is 0 Å². The van der Waals surface area contributed by atoms with Crippen molar-refractivity contribution in [2.75, 3.05) is 0 Å². The predicted molar refractivity (Wildman–Crippen MR) is 103 cm³/mol. The fourth-order valence-electron chi connectivity index (χ4n) is 2.62. The number of hydrogen-bond donors (Lipinski definition) is 0. The van der Waals surface area contributed by atoms with Crippen molar-refractivity contribution in [3.05, 3.63) is 70.5 Å². The summed E-state index contributed by atoms with van der Waals surface area (Å²) in [6, 6.07) is 14.9. The normalized spacial score (nSPS) is 11.1. The minimum atomic E-state index is 0.0241. The molecule has 0 aliphatic rings. The van der Waals surface area contributed by atoms with Crippen LogP contribution in [0.15, 0.2) is 54.7 Å². The minimum absolute atomic E-state index is 0.0241. The van der Waals surface area contributed by atoms with Gasteiger partial charge < -0.3 is 0 Å². The molecule has 0 unspecified atom stereocenters. The second kappa shape index (κ2) is 7.42. The van der Waals surface area contributed by atoms with Gasteiger partial charge in [-0.2, -0.15) is 0 Å². The molecule has 3 rings (SSSR count). The summed E-state index contributed by atoms with van der Waals surface area (Å²) in [5.74, 6) is 0.938. The van der Waals surface area contributed by atoms with Crippen molar-refractivity contribution in [2.24, 2.45) is 5.92 Å². The Morgan fingerprint density at radius 2 is 1.76 bits per heavy atom. The van der Waals surface area contributed by atoms with Crippen LogP contribution in [0.5, 0.6) is 0 Å². The van der Waals surface area contributed by atoms with Crippen LogP contribution in [0.25, 0.3) is 17.1 Å². The largest absolute Gasteiger partial charge is 0.299 e. The summed E-state index contributed by atoms with van der Waals surface area (Å²) in [4.78, 5) is 17.1. The topological polar surface area (TPSA) is 34.9 Å². The summed E-state index contributed by atoms with van der Waals surface area (Å²) in [6.07, 6.45) is 2.23. The molecule has 0 fully saturated rings. The molecule has 5 heteroatoms. The molecule has 0 bridgehead atoms. The van der Waals surface area contributed by atoms with Gasteiger partial charge in [-0.05, 0) is 42.3 Å². The van der Waals surface area contributed by atoms with E-state index in [1.807, 2.05) is 66.9 Å². The van der Waals surface area contributed by atoms with Gasteiger partial charge in [0, 0.05) is 28.9 Å². The Bertz CT molecular complexity index is 898. The molecule has 0 aliphatic heterocycles. The van der Waals surface area contributed by atoms with Crippen molar-refractivity contribution in [2.45, 2.75) is 20.3 Å². The fourth-order valence-corrected chi connectivity index (χ4v) is 2.97. The van der Waals surface area contributed by atoms with Crippen LogP contribution in [-0.4, -0.2) is 15.3 Å². The molecular weight excluding hydrogens is 355 g/mol. The smallest absolute Gasteiger partial charge is 0.183 e. The van der Waals surface area contributed by atoms with Gasteiger partial charge in [-0.15, -0.1) is 0 Å². The molecule has 0 radical (unpaired) electrons. The van der Waals surface area contributed by atoms with Crippen molar-refractivity contribution < 1.29 is 4.79 Å². The minimum Gasteiger partial charge on any atom is -0.299 e. The summed E-state index contributed by atoms with van der Waals surface area (Å²) >= 11 is 12.4. The van der Waals surface area contributed by atoms with E-state index in [-0.39, 0.29) is 11.7 Å². The van der Waals surface area contributed by atoms with Crippen molar-refractivity contribution in [3.8, 4) is 17.1 Å². The number of nitrogens with zero attached hydrogens (tertiary/aromatic N) is 2. The van der Waals surface area contributed by atoms with Gasteiger partial charge in [0.2, 0.25) is 0 Å². The lowest BCUT2D eigenvalue weighted by Gasteiger charge is -2.09. The van der Waals surface area contributed by atoms with E-state index in [9.17, 15) is 4.79 Å². The second-order valence-corrected chi connectivity index (χ2v) is 7.14. The number of hydrogen-bond acceptors (Lipinski definition) is 2. The van der Waals surface area contributed by atoms with Gasteiger partial charge in [0.1, 0.15) is 11.5 Å². The molecule has 1 heterocycles. The molecule has 0 N–H and O–H groups in total. The molecule has 1 aromatic heterocycles. The van der Waals surface area contributed by atoms with Crippen molar-refractivity contribution in [1.82, 2.24) is 9.55 Å². The molecule has 0 atom stereocenters. The number of ketones is 1. The summed E-state index contributed by atoms with van der Waals surface area (Å²) < 4.78 is 1.88. The third-order valence-corrected chi connectivity index (χ3v) is 4.39. The molecule has 0 saturated carbocycles. The number of aromatic nitrogens is 2. The Hall–Kier alpha value is -2.10. The van der Waals surface area contributed by atoms with Gasteiger partial charge >= 0.3 is 0 Å². The zero-order valence-corrected chi connectivity index (χ0v) is 15.6. The molecule has 2 aromatic carbocycles. The van der Waals surface area contributed by atoms with Crippen molar-refractivity contribution in [3.63, 3.8) is 0 Å². The first kappa shape index (κ1) is 17.7. The SMILES string of the molecule is CC(C)CC(=O)c1cn(-c2ccc(Cl)cc2)c(-c2ccccc2Cl)n1. The van der Waals surface area contributed by atoms with Crippen LogP contribution in [0.3, 0.4) is 0 Å². The number of imidazole rings is 1. The fraction of sp³-hybridized carbons (Fsp3) is 0.200. The van der Waals surface area contributed by atoms with Gasteiger partial charge in [0.25, 0.3) is 0 Å². The summed E-state index contributed by atoms with van der Waals surface area (Å²) in [7, 11) is 0. The first-order chi connectivity index (χ1) is 12.0. The Morgan fingerprint density at radius 1 is 1.08 bits per heavy atom. The van der Waals surface area contributed by atoms with E-state index in [1.54, 1.807) is 6.20 Å². The van der Waals surface area contributed by atoms with E-state index in [1.165, 1.54) is 0 Å². The molecule has 0 saturated heterocycles. The van der Waals surface area contributed by atoms with E-state index in [4.69, 9.17) is 23.2 Å². The third kappa shape index (κ3) is 3.94. The maximum atomic E-state index is 12.5. The quantitative estimate of drug-likeness (QED) is 0.509. The van der Waals surface area contributed by atoms with Crippen LogP contribution in [-0.2, 0) is 0 Å². The maximum Gasteiger partial charge on any atom is 0.183 e. The molecule has 0 spiro atoms. The Labute approximate surface area is 157 Å². The number of benzene rings is 2. The van der Waals surface area contributed by atoms with Crippen LogP contribution in [0.1, 0.15) is 30.8 Å². The standard InChI is InChI=1S/C20H18Cl2N2O/c1-13(2)11-19(25)18-12-24(15-9-7-14(21)8-10-15)20(23-18)16-5-3-4-6-17(16)22/h3-10,12-13H,11H2,1-2H3. The highest BCUT2D eigenvalue weighted by Gasteiger charge is 2.18. The molecular formula is C20H18Cl2N2O. The zero-order valence-electron chi connectivity index (χ0n) is 14.0. The van der Waals surface area contributed by atoms with E-state index in [0.717, 1.165) is 11.3 Å². The number of carbonyl (C=O) groups excluding carboxylic acids is 1. The zero-order chi connectivity index (χ0) is 18.0. The first-order valence-electron chi connectivity index (χ1n) is 8.09. The first-order valence-corrected chi connectivity index (χ1v) is 8.84. The van der Waals surface area contributed by atoms with E-state index in [0.29, 0.717) is 28.0 Å². The number of rotatable bonds is 5. The highest BCUT2D eigenvalue weighted by Crippen LogP contribution is 2.30. The van der Waals surface area contributed by atoms with Crippen LogP contribution >= 0.6 is 23.2 Å². The van der Waals surface area contributed by atoms with E-state index in [2.05, 4.69) is 4.98 Å². The van der Waals surface area contributed by atoms with E-state index < -0.39 is 0 Å². The Kier molecular flexibility index (Phi) is 5.26. The maximum absolute atomic E-state index is 12.5. The van der Waals surface area contributed by atoms with Gasteiger partial charge in [0.05, 0.1) is 5.02 Å². The molecule has 25 heavy (non-hydrogen) atoms. The highest BCUT2D eigenvalue weighted by atomic mass is 35.5. The Balaban J connectivity index is 2.14. The summed E-state index contributed by atoms with van der Waals surface area (Å²) in [5.41, 5.74) is 2.09. The molecule has 0 aliphatic carbocycles. The summed E-state index contributed by atoms with van der Waals surface area (Å²) in [6.45, 7) is 4.03. The van der Waals surface area contributed by atoms with E-state index >= 15 is 0 Å². The van der Waals surface area contributed by atoms with Crippen molar-refractivity contribution in [1.29, 1.82) is 0 Å². The average molecular weight is 373 g/mol. The van der Waals surface area contributed by atoms with Gasteiger partial charge in [0.15, 0.2) is 5.78 Å². The van der Waals surface area contributed by atoms with Crippen LogP contribution in [0, 0.1) is 5.92 Å². The second-order valence-electron chi connectivity index (χ2n) is 6.30. The lowest BCUT2D eigenvalue weighted by Crippen LogP contribution is -2.03. The molecule has 0 amide bonds. The lowest BCUT2D eigenvalue weighted by molar-refractivity contribution is 0.0963. The van der Waals surface area contributed by atoms with Gasteiger partial charge in [-0.3, -0.25) is 9.36 Å². The molecule has 3 nitrogen and oxygen atoms in total. The number of carbonyl (C=O) groups is 1. The highest BCUT2D eigenvalue weighted by molar-refractivity contribution is 6.33. The summed E-state index contributed by atoms with van der Waals surface area (Å²) in [5, 5.41) is 1.24. The predicted octanol–water partition coefficient (Wildman–Crippen LogP) is 6.07. The Morgan fingerprint density at radius 3 is 2.40 bits per heavy atom. The average Bonchev–Trinajstić information content (AvgIpc) is 3.00. The van der Waals surface area contributed by atoms with Crippen LogP contribution < -0.4 is 0 Å². The van der Waals surface area contributed by atoms with Gasteiger partial charge in [-0.25, -0.2) is 4.98 Å². The van der Waals surface area contributed by atoms with Crippen molar-refractivity contribution >= 4 is 29.0 Å².